The second kappa shape index (κ2) is 8.39. The van der Waals surface area contributed by atoms with Crippen molar-refractivity contribution < 1.29 is 9.53 Å². The fraction of sp³-hybridized carbons (Fsp3) is 0.429. The van der Waals surface area contributed by atoms with Crippen LogP contribution < -0.4 is 15.5 Å². The van der Waals surface area contributed by atoms with E-state index in [-0.39, 0.29) is 12.0 Å². The largest absolute Gasteiger partial charge is 0.376 e. The number of carbonyl (C=O) groups is 1. The van der Waals surface area contributed by atoms with Gasteiger partial charge in [0, 0.05) is 49.4 Å². The molecular formula is C21H26N4O2. The minimum Gasteiger partial charge on any atom is -0.376 e. The Morgan fingerprint density at radius 3 is 2.70 bits per heavy atom. The highest BCUT2D eigenvalue weighted by molar-refractivity contribution is 5.94. The predicted molar refractivity (Wildman–Crippen MR) is 107 cm³/mol. The molecular weight excluding hydrogens is 340 g/mol. The van der Waals surface area contributed by atoms with Crippen LogP contribution in [0.5, 0.6) is 0 Å². The molecule has 6 heteroatoms. The molecule has 1 aromatic carbocycles. The molecule has 2 aliphatic rings. The number of hydrogen-bond acceptors (Lipinski definition) is 5. The third-order valence-corrected chi connectivity index (χ3v) is 5.15. The molecule has 6 nitrogen and oxygen atoms in total. The van der Waals surface area contributed by atoms with E-state index in [0.29, 0.717) is 17.9 Å². The molecule has 1 atom stereocenters. The van der Waals surface area contributed by atoms with Gasteiger partial charge >= 0.3 is 0 Å². The molecule has 1 aromatic heterocycles. The molecule has 2 aliphatic heterocycles. The Morgan fingerprint density at radius 1 is 1.15 bits per heavy atom. The van der Waals surface area contributed by atoms with E-state index < -0.39 is 0 Å². The first-order chi connectivity index (χ1) is 13.3. The summed E-state index contributed by atoms with van der Waals surface area (Å²) in [5, 5.41) is 6.23. The summed E-state index contributed by atoms with van der Waals surface area (Å²) in [6, 6.07) is 11.9. The van der Waals surface area contributed by atoms with Crippen molar-refractivity contribution in [3.8, 4) is 0 Å². The summed E-state index contributed by atoms with van der Waals surface area (Å²) in [4.78, 5) is 19.1. The molecule has 0 saturated carbocycles. The summed E-state index contributed by atoms with van der Waals surface area (Å²) in [5.41, 5.74) is 2.81. The number of nitrogens with zero attached hydrogens (tertiary/aromatic N) is 2. The molecule has 0 spiro atoms. The van der Waals surface area contributed by atoms with Crippen LogP contribution in [0.4, 0.5) is 17.2 Å². The fourth-order valence-electron chi connectivity index (χ4n) is 3.63. The van der Waals surface area contributed by atoms with Gasteiger partial charge in [-0.15, -0.1) is 0 Å². The van der Waals surface area contributed by atoms with Gasteiger partial charge in [-0.3, -0.25) is 4.79 Å². The van der Waals surface area contributed by atoms with Crippen molar-refractivity contribution in [2.75, 3.05) is 36.5 Å². The summed E-state index contributed by atoms with van der Waals surface area (Å²) >= 11 is 0. The zero-order valence-electron chi connectivity index (χ0n) is 15.5. The van der Waals surface area contributed by atoms with Gasteiger partial charge in [-0.2, -0.15) is 0 Å². The third-order valence-electron chi connectivity index (χ3n) is 5.15. The average molecular weight is 366 g/mol. The van der Waals surface area contributed by atoms with Crippen molar-refractivity contribution in [2.45, 2.75) is 31.8 Å². The molecule has 3 heterocycles. The number of pyridine rings is 1. The van der Waals surface area contributed by atoms with E-state index in [9.17, 15) is 4.79 Å². The van der Waals surface area contributed by atoms with Crippen molar-refractivity contribution >= 4 is 23.1 Å². The van der Waals surface area contributed by atoms with Gasteiger partial charge in [0.1, 0.15) is 5.82 Å². The summed E-state index contributed by atoms with van der Waals surface area (Å²) in [5.74, 6) is 0.564. The molecule has 4 rings (SSSR count). The lowest BCUT2D eigenvalue weighted by Crippen LogP contribution is -2.31. The van der Waals surface area contributed by atoms with Gasteiger partial charge < -0.3 is 20.3 Å². The predicted octanol–water partition coefficient (Wildman–Crippen LogP) is 3.33. The molecule has 27 heavy (non-hydrogen) atoms. The zero-order chi connectivity index (χ0) is 18.5. The van der Waals surface area contributed by atoms with Crippen molar-refractivity contribution in [2.24, 2.45) is 0 Å². The van der Waals surface area contributed by atoms with Crippen LogP contribution in [0.1, 0.15) is 36.0 Å². The van der Waals surface area contributed by atoms with E-state index >= 15 is 0 Å². The van der Waals surface area contributed by atoms with Crippen LogP contribution in [0.3, 0.4) is 0 Å². The number of nitrogens with one attached hydrogen (secondary N) is 2. The second-order valence-corrected chi connectivity index (χ2v) is 7.14. The fourth-order valence-corrected chi connectivity index (χ4v) is 3.63. The normalized spacial score (nSPS) is 19.3. The lowest BCUT2D eigenvalue weighted by Gasteiger charge is -2.18. The Kier molecular flexibility index (Phi) is 5.53. The molecule has 2 aromatic rings. The maximum atomic E-state index is 12.4. The maximum absolute atomic E-state index is 12.4. The SMILES string of the molecule is O=C(NCC1CCCO1)c1ccnc(Nc2ccc(N3CCCC3)cc2)c1. The summed E-state index contributed by atoms with van der Waals surface area (Å²) in [7, 11) is 0. The molecule has 1 unspecified atom stereocenters. The van der Waals surface area contributed by atoms with Gasteiger partial charge in [0.2, 0.25) is 0 Å². The first-order valence-electron chi connectivity index (χ1n) is 9.76. The van der Waals surface area contributed by atoms with E-state index in [1.165, 1.54) is 18.5 Å². The number of amides is 1. The maximum Gasteiger partial charge on any atom is 0.251 e. The first-order valence-corrected chi connectivity index (χ1v) is 9.76. The Morgan fingerprint density at radius 2 is 1.96 bits per heavy atom. The van der Waals surface area contributed by atoms with Crippen LogP contribution >= 0.6 is 0 Å². The third kappa shape index (κ3) is 4.57. The van der Waals surface area contributed by atoms with Crippen LogP contribution in [0, 0.1) is 0 Å². The van der Waals surface area contributed by atoms with E-state index in [4.69, 9.17) is 4.74 Å². The van der Waals surface area contributed by atoms with Crippen molar-refractivity contribution in [3.05, 3.63) is 48.2 Å². The second-order valence-electron chi connectivity index (χ2n) is 7.14. The molecule has 0 radical (unpaired) electrons. The van der Waals surface area contributed by atoms with Crippen molar-refractivity contribution in [1.29, 1.82) is 0 Å². The molecule has 2 saturated heterocycles. The zero-order valence-corrected chi connectivity index (χ0v) is 15.5. The molecule has 0 aliphatic carbocycles. The van der Waals surface area contributed by atoms with E-state index in [1.807, 2.05) is 0 Å². The monoisotopic (exact) mass is 366 g/mol. The molecule has 0 bridgehead atoms. The quantitative estimate of drug-likeness (QED) is 0.821. The summed E-state index contributed by atoms with van der Waals surface area (Å²) in [6.45, 7) is 3.62. The van der Waals surface area contributed by atoms with Crippen LogP contribution in [-0.4, -0.2) is 43.2 Å². The average Bonchev–Trinajstić information content (AvgIpc) is 3.41. The Balaban J connectivity index is 1.36. The van der Waals surface area contributed by atoms with Gasteiger partial charge in [-0.1, -0.05) is 0 Å². The Hall–Kier alpha value is -2.60. The van der Waals surface area contributed by atoms with Gasteiger partial charge in [0.25, 0.3) is 5.91 Å². The van der Waals surface area contributed by atoms with Crippen LogP contribution in [-0.2, 0) is 4.74 Å². The molecule has 2 N–H and O–H groups in total. The minimum absolute atomic E-state index is 0.0969. The summed E-state index contributed by atoms with van der Waals surface area (Å²) < 4.78 is 5.55. The van der Waals surface area contributed by atoms with Crippen LogP contribution in [0.25, 0.3) is 0 Å². The number of anilines is 3. The standard InChI is InChI=1S/C21H26N4O2/c26-21(23-15-19-4-3-13-27-19)16-9-10-22-20(14-16)24-17-5-7-18(8-6-17)25-11-1-2-12-25/h5-10,14,19H,1-4,11-13,15H2,(H,22,24)(H,23,26). The molecule has 2 fully saturated rings. The molecule has 142 valence electrons. The highest BCUT2D eigenvalue weighted by Crippen LogP contribution is 2.23. The highest BCUT2D eigenvalue weighted by atomic mass is 16.5. The number of benzene rings is 1. The lowest BCUT2D eigenvalue weighted by molar-refractivity contribution is 0.0857. The van der Waals surface area contributed by atoms with Crippen molar-refractivity contribution in [3.63, 3.8) is 0 Å². The Bertz CT molecular complexity index is 766. The van der Waals surface area contributed by atoms with Crippen LogP contribution in [0.15, 0.2) is 42.6 Å². The number of hydrogen-bond donors (Lipinski definition) is 2. The van der Waals surface area contributed by atoms with E-state index in [2.05, 4.69) is 44.8 Å². The van der Waals surface area contributed by atoms with E-state index in [1.54, 1.807) is 18.3 Å². The van der Waals surface area contributed by atoms with Crippen LogP contribution in [0.2, 0.25) is 0 Å². The summed E-state index contributed by atoms with van der Waals surface area (Å²) in [6.07, 6.45) is 6.42. The van der Waals surface area contributed by atoms with Gasteiger partial charge in [-0.05, 0) is 62.1 Å². The Labute approximate surface area is 159 Å². The van der Waals surface area contributed by atoms with Gasteiger partial charge in [-0.25, -0.2) is 4.98 Å². The minimum atomic E-state index is -0.0969. The van der Waals surface area contributed by atoms with Gasteiger partial charge in [0.15, 0.2) is 0 Å². The number of ether oxygens (including phenoxy) is 1. The highest BCUT2D eigenvalue weighted by Gasteiger charge is 2.17. The molecule has 1 amide bonds. The number of aromatic nitrogens is 1. The van der Waals surface area contributed by atoms with Crippen molar-refractivity contribution in [1.82, 2.24) is 10.3 Å². The number of rotatable bonds is 6. The van der Waals surface area contributed by atoms with Gasteiger partial charge in [0.05, 0.1) is 6.10 Å². The van der Waals surface area contributed by atoms with E-state index in [0.717, 1.165) is 38.2 Å². The number of carbonyl (C=O) groups excluding carboxylic acids is 1. The smallest absolute Gasteiger partial charge is 0.251 e. The lowest BCUT2D eigenvalue weighted by atomic mass is 10.2. The first kappa shape index (κ1) is 17.8. The topological polar surface area (TPSA) is 66.5 Å².